The number of rotatable bonds is 6. The topological polar surface area (TPSA) is 83.5 Å². The average molecular weight is 345 g/mol. The Kier molecular flexibility index (Phi) is 6.45. The van der Waals surface area contributed by atoms with Crippen LogP contribution in [0.25, 0.3) is 0 Å². The molecule has 2 rings (SSSR count). The Hall–Kier alpha value is -2.73. The highest BCUT2D eigenvalue weighted by atomic mass is 35.5. The van der Waals surface area contributed by atoms with Gasteiger partial charge in [-0.25, -0.2) is 5.43 Å². The highest BCUT2D eigenvalue weighted by Crippen LogP contribution is 2.09. The predicted molar refractivity (Wildman–Crippen MR) is 92.7 cm³/mol. The number of benzene rings is 1. The molecule has 124 valence electrons. The molecule has 1 aromatic carbocycles. The fourth-order valence-electron chi connectivity index (χ4n) is 1.85. The summed E-state index contributed by atoms with van der Waals surface area (Å²) in [5, 5.41) is 7.35. The van der Waals surface area contributed by atoms with Crippen LogP contribution in [0.5, 0.6) is 0 Å². The Balaban J connectivity index is 1.78. The van der Waals surface area contributed by atoms with Gasteiger partial charge in [0, 0.05) is 29.7 Å². The van der Waals surface area contributed by atoms with Crippen LogP contribution < -0.4 is 10.7 Å². The van der Waals surface area contributed by atoms with Crippen molar-refractivity contribution in [3.63, 3.8) is 0 Å². The second-order valence-corrected chi connectivity index (χ2v) is 5.55. The van der Waals surface area contributed by atoms with Crippen LogP contribution in [0.15, 0.2) is 53.9 Å². The third-order valence-electron chi connectivity index (χ3n) is 3.09. The number of carbonyl (C=O) groups excluding carboxylic acids is 2. The summed E-state index contributed by atoms with van der Waals surface area (Å²) in [5.74, 6) is -0.550. The molecule has 0 unspecified atom stereocenters. The van der Waals surface area contributed by atoms with Crippen LogP contribution in [0.1, 0.15) is 29.3 Å². The van der Waals surface area contributed by atoms with Crippen molar-refractivity contribution in [3.8, 4) is 0 Å². The normalized spacial score (nSPS) is 11.0. The fourth-order valence-corrected chi connectivity index (χ4v) is 1.97. The third-order valence-corrected chi connectivity index (χ3v) is 3.34. The van der Waals surface area contributed by atoms with Crippen molar-refractivity contribution < 1.29 is 9.59 Å². The number of pyridine rings is 1. The molecule has 0 bridgehead atoms. The van der Waals surface area contributed by atoms with Crippen LogP contribution in [0, 0.1) is 0 Å². The van der Waals surface area contributed by atoms with E-state index < -0.39 is 0 Å². The summed E-state index contributed by atoms with van der Waals surface area (Å²) in [6.07, 6.45) is 3.12. The maximum Gasteiger partial charge on any atom is 0.272 e. The summed E-state index contributed by atoms with van der Waals surface area (Å²) in [6.45, 7) is 2.08. The van der Waals surface area contributed by atoms with E-state index in [-0.39, 0.29) is 18.2 Å². The Labute approximate surface area is 144 Å². The molecule has 0 saturated heterocycles. The molecule has 0 atom stereocenters. The Morgan fingerprint density at radius 2 is 1.96 bits per heavy atom. The quantitative estimate of drug-likeness (QED) is 0.624. The highest BCUT2D eigenvalue weighted by Gasteiger charge is 2.06. The third kappa shape index (κ3) is 5.81. The molecular weight excluding hydrogens is 328 g/mol. The standard InChI is InChI=1S/C17H17ClN4O2/c1-12(21-22-17(24)14-3-2-8-19-11-14)9-16(23)20-10-13-4-6-15(18)7-5-13/h2-8,11H,9-10H2,1H3,(H,20,23)(H,22,24). The van der Waals surface area contributed by atoms with E-state index in [0.717, 1.165) is 5.56 Å². The number of hydrogen-bond acceptors (Lipinski definition) is 4. The van der Waals surface area contributed by atoms with Crippen LogP contribution in [0.2, 0.25) is 5.02 Å². The molecule has 0 aliphatic heterocycles. The van der Waals surface area contributed by atoms with E-state index >= 15 is 0 Å². The minimum Gasteiger partial charge on any atom is -0.352 e. The molecule has 1 heterocycles. The van der Waals surface area contributed by atoms with Crippen LogP contribution >= 0.6 is 11.6 Å². The SMILES string of the molecule is CC(CC(=O)NCc1ccc(Cl)cc1)=NNC(=O)c1cccnc1. The zero-order valence-electron chi connectivity index (χ0n) is 13.1. The van der Waals surface area contributed by atoms with E-state index in [2.05, 4.69) is 20.8 Å². The molecule has 24 heavy (non-hydrogen) atoms. The number of hydrazone groups is 1. The first kappa shape index (κ1) is 17.6. The second-order valence-electron chi connectivity index (χ2n) is 5.11. The monoisotopic (exact) mass is 344 g/mol. The maximum absolute atomic E-state index is 11.9. The number of nitrogens with one attached hydrogen (secondary N) is 2. The summed E-state index contributed by atoms with van der Waals surface area (Å²) >= 11 is 5.81. The molecular formula is C17H17ClN4O2. The molecule has 0 saturated carbocycles. The predicted octanol–water partition coefficient (Wildman–Crippen LogP) is 2.55. The van der Waals surface area contributed by atoms with Gasteiger partial charge in [-0.3, -0.25) is 14.6 Å². The number of aromatic nitrogens is 1. The number of carbonyl (C=O) groups is 2. The zero-order valence-corrected chi connectivity index (χ0v) is 13.9. The van der Waals surface area contributed by atoms with Gasteiger partial charge in [-0.1, -0.05) is 23.7 Å². The van der Waals surface area contributed by atoms with E-state index in [1.165, 1.54) is 6.20 Å². The maximum atomic E-state index is 11.9. The fraction of sp³-hybridized carbons (Fsp3) is 0.176. The van der Waals surface area contributed by atoms with Gasteiger partial charge in [-0.2, -0.15) is 5.10 Å². The van der Waals surface area contributed by atoms with Crippen LogP contribution in [-0.4, -0.2) is 22.5 Å². The molecule has 0 fully saturated rings. The van der Waals surface area contributed by atoms with Gasteiger partial charge in [-0.05, 0) is 36.8 Å². The van der Waals surface area contributed by atoms with E-state index in [4.69, 9.17) is 11.6 Å². The van der Waals surface area contributed by atoms with Gasteiger partial charge in [-0.15, -0.1) is 0 Å². The van der Waals surface area contributed by atoms with Gasteiger partial charge in [0.1, 0.15) is 0 Å². The minimum absolute atomic E-state index is 0.0981. The highest BCUT2D eigenvalue weighted by molar-refractivity contribution is 6.30. The summed E-state index contributed by atoms with van der Waals surface area (Å²) in [5.41, 5.74) is 4.25. The van der Waals surface area contributed by atoms with Crippen LogP contribution in [-0.2, 0) is 11.3 Å². The van der Waals surface area contributed by atoms with Crippen molar-refractivity contribution in [1.82, 2.24) is 15.7 Å². The smallest absolute Gasteiger partial charge is 0.272 e. The van der Waals surface area contributed by atoms with Gasteiger partial charge < -0.3 is 5.32 Å². The molecule has 2 N–H and O–H groups in total. The van der Waals surface area contributed by atoms with Crippen LogP contribution in [0.4, 0.5) is 0 Å². The lowest BCUT2D eigenvalue weighted by Crippen LogP contribution is -2.26. The molecule has 0 spiro atoms. The van der Waals surface area contributed by atoms with E-state index in [9.17, 15) is 9.59 Å². The van der Waals surface area contributed by atoms with Gasteiger partial charge >= 0.3 is 0 Å². The molecule has 2 amide bonds. The average Bonchev–Trinajstić information content (AvgIpc) is 2.60. The largest absolute Gasteiger partial charge is 0.352 e. The van der Waals surface area contributed by atoms with Crippen molar-refractivity contribution in [2.75, 3.05) is 0 Å². The molecule has 0 radical (unpaired) electrons. The summed E-state index contributed by atoms with van der Waals surface area (Å²) in [6, 6.07) is 10.5. The van der Waals surface area contributed by atoms with Crippen molar-refractivity contribution in [1.29, 1.82) is 0 Å². The van der Waals surface area contributed by atoms with Crippen molar-refractivity contribution >= 4 is 29.1 Å². The Morgan fingerprint density at radius 3 is 2.62 bits per heavy atom. The number of nitrogens with zero attached hydrogens (tertiary/aromatic N) is 2. The molecule has 1 aromatic heterocycles. The Bertz CT molecular complexity index is 730. The summed E-state index contributed by atoms with van der Waals surface area (Å²) in [4.78, 5) is 27.5. The number of hydrogen-bond donors (Lipinski definition) is 2. The van der Waals surface area contributed by atoms with Crippen molar-refractivity contribution in [2.45, 2.75) is 19.9 Å². The summed E-state index contributed by atoms with van der Waals surface area (Å²) < 4.78 is 0. The summed E-state index contributed by atoms with van der Waals surface area (Å²) in [7, 11) is 0. The van der Waals surface area contributed by atoms with Gasteiger partial charge in [0.05, 0.1) is 12.0 Å². The van der Waals surface area contributed by atoms with Gasteiger partial charge in [0.15, 0.2) is 0 Å². The van der Waals surface area contributed by atoms with Gasteiger partial charge in [0.2, 0.25) is 5.91 Å². The lowest BCUT2D eigenvalue weighted by atomic mass is 10.2. The zero-order chi connectivity index (χ0) is 17.4. The Morgan fingerprint density at radius 1 is 1.21 bits per heavy atom. The molecule has 2 aromatic rings. The second kappa shape index (κ2) is 8.79. The van der Waals surface area contributed by atoms with E-state index in [0.29, 0.717) is 22.8 Å². The molecule has 6 nitrogen and oxygen atoms in total. The first-order chi connectivity index (χ1) is 11.5. The lowest BCUT2D eigenvalue weighted by Gasteiger charge is -2.06. The van der Waals surface area contributed by atoms with Crippen molar-refractivity contribution in [3.05, 3.63) is 64.9 Å². The van der Waals surface area contributed by atoms with E-state index in [1.807, 2.05) is 12.1 Å². The van der Waals surface area contributed by atoms with Gasteiger partial charge in [0.25, 0.3) is 5.91 Å². The molecule has 7 heteroatoms. The van der Waals surface area contributed by atoms with E-state index in [1.54, 1.807) is 37.4 Å². The first-order valence-electron chi connectivity index (χ1n) is 7.29. The van der Waals surface area contributed by atoms with Crippen LogP contribution in [0.3, 0.4) is 0 Å². The first-order valence-corrected chi connectivity index (χ1v) is 7.67. The lowest BCUT2D eigenvalue weighted by molar-refractivity contribution is -0.120. The molecule has 0 aliphatic rings. The number of halogens is 1. The molecule has 0 aliphatic carbocycles. The van der Waals surface area contributed by atoms with Crippen molar-refractivity contribution in [2.24, 2.45) is 5.10 Å². The number of amides is 2. The minimum atomic E-state index is -0.371.